The van der Waals surface area contributed by atoms with Crippen LogP contribution in [0.4, 0.5) is 5.69 Å². The fourth-order valence-corrected chi connectivity index (χ4v) is 2.51. The summed E-state index contributed by atoms with van der Waals surface area (Å²) in [6.45, 7) is 1.08. The van der Waals surface area contributed by atoms with E-state index >= 15 is 0 Å². The molecule has 0 spiro atoms. The zero-order chi connectivity index (χ0) is 16.8. The topological polar surface area (TPSA) is 88.3 Å². The Morgan fingerprint density at radius 3 is 2.76 bits per heavy atom. The summed E-state index contributed by atoms with van der Waals surface area (Å²) in [5.74, 6) is 1.29. The monoisotopic (exact) mass is 451 g/mol. The van der Waals surface area contributed by atoms with Crippen molar-refractivity contribution < 1.29 is 4.74 Å². The Kier molecular flexibility index (Phi) is 7.20. The zero-order valence-corrected chi connectivity index (χ0v) is 16.4. The van der Waals surface area contributed by atoms with Crippen molar-refractivity contribution in [3.05, 3.63) is 59.9 Å². The van der Waals surface area contributed by atoms with Crippen LogP contribution in [0.5, 0.6) is 0 Å². The molecule has 0 amide bonds. The Morgan fingerprint density at radius 2 is 1.96 bits per heavy atom. The fourth-order valence-electron chi connectivity index (χ4n) is 2.51. The molecule has 0 saturated heterocycles. The minimum Gasteiger partial charge on any atom is -0.380 e. The van der Waals surface area contributed by atoms with Gasteiger partial charge in [0.2, 0.25) is 0 Å². The zero-order valence-electron chi connectivity index (χ0n) is 14.0. The van der Waals surface area contributed by atoms with Crippen molar-refractivity contribution >= 4 is 46.7 Å². The highest BCUT2D eigenvalue weighted by Crippen LogP contribution is 2.15. The van der Waals surface area contributed by atoms with E-state index in [0.717, 1.165) is 28.1 Å². The predicted molar refractivity (Wildman–Crippen MR) is 112 cm³/mol. The Labute approximate surface area is 163 Å². The number of para-hydroxylation sites is 3. The number of guanidine groups is 1. The molecule has 0 bridgehead atoms. The van der Waals surface area contributed by atoms with Gasteiger partial charge in [-0.1, -0.05) is 30.3 Å². The molecule has 0 aliphatic heterocycles. The number of nitrogens with one attached hydrogen (secondary N) is 2. The first-order valence-corrected chi connectivity index (χ1v) is 7.83. The van der Waals surface area contributed by atoms with Crippen molar-refractivity contribution in [3.8, 4) is 0 Å². The summed E-state index contributed by atoms with van der Waals surface area (Å²) >= 11 is 0. The van der Waals surface area contributed by atoms with Crippen molar-refractivity contribution in [1.82, 2.24) is 9.97 Å². The molecule has 1 heterocycles. The third-order valence-corrected chi connectivity index (χ3v) is 3.65. The maximum atomic E-state index is 5.98. The second kappa shape index (κ2) is 9.38. The number of anilines is 1. The van der Waals surface area contributed by atoms with Crippen LogP contribution in [0.1, 0.15) is 11.4 Å². The average Bonchev–Trinajstić information content (AvgIpc) is 2.99. The highest BCUT2D eigenvalue weighted by atomic mass is 127. The summed E-state index contributed by atoms with van der Waals surface area (Å²) < 4.78 is 5.18. The van der Waals surface area contributed by atoms with Crippen molar-refractivity contribution in [2.75, 3.05) is 19.0 Å². The van der Waals surface area contributed by atoms with Gasteiger partial charge in [-0.25, -0.2) is 4.98 Å². The van der Waals surface area contributed by atoms with Crippen molar-refractivity contribution in [2.45, 2.75) is 13.0 Å². The highest BCUT2D eigenvalue weighted by molar-refractivity contribution is 14.0. The van der Waals surface area contributed by atoms with E-state index in [9.17, 15) is 0 Å². The molecule has 0 unspecified atom stereocenters. The predicted octanol–water partition coefficient (Wildman–Crippen LogP) is 3.30. The van der Waals surface area contributed by atoms with Gasteiger partial charge in [0.15, 0.2) is 5.96 Å². The molecule has 0 aliphatic rings. The van der Waals surface area contributed by atoms with E-state index in [1.807, 2.05) is 48.5 Å². The number of nitrogens with two attached hydrogens (primary N) is 1. The van der Waals surface area contributed by atoms with Crippen LogP contribution >= 0.6 is 24.0 Å². The number of imidazole rings is 1. The van der Waals surface area contributed by atoms with E-state index < -0.39 is 0 Å². The van der Waals surface area contributed by atoms with Gasteiger partial charge in [-0.05, 0) is 18.2 Å². The number of hydrogen-bond acceptors (Lipinski definition) is 3. The van der Waals surface area contributed by atoms with Gasteiger partial charge >= 0.3 is 0 Å². The number of hydrogen-bond donors (Lipinski definition) is 3. The molecule has 7 heteroatoms. The first-order chi connectivity index (χ1) is 11.8. The lowest BCUT2D eigenvalue weighted by Crippen LogP contribution is -2.23. The lowest BCUT2D eigenvalue weighted by Gasteiger charge is -2.10. The number of fused-ring (bicyclic) bond motifs is 1. The molecule has 0 atom stereocenters. The van der Waals surface area contributed by atoms with Gasteiger partial charge in [0, 0.05) is 31.3 Å². The molecular weight excluding hydrogens is 429 g/mol. The largest absolute Gasteiger partial charge is 0.380 e. The molecule has 4 N–H and O–H groups in total. The van der Waals surface area contributed by atoms with Crippen LogP contribution in [0.2, 0.25) is 0 Å². The first kappa shape index (κ1) is 19.2. The van der Waals surface area contributed by atoms with Crippen LogP contribution in [0, 0.1) is 0 Å². The average molecular weight is 451 g/mol. The standard InChI is InChI=1S/C18H21N5O.HI/c1-24-12-13-6-2-3-7-14(13)23-18(19)20-11-10-17-21-15-8-4-5-9-16(15)22-17;/h2-9H,10-12H2,1H3,(H,21,22)(H3,19,20,23);1H. The van der Waals surface area contributed by atoms with Crippen molar-refractivity contribution in [2.24, 2.45) is 10.7 Å². The van der Waals surface area contributed by atoms with Gasteiger partial charge in [0.05, 0.1) is 17.6 Å². The van der Waals surface area contributed by atoms with E-state index in [2.05, 4.69) is 20.3 Å². The third-order valence-electron chi connectivity index (χ3n) is 3.65. The number of aliphatic imine (C=N–C) groups is 1. The Bertz CT molecular complexity index is 813. The van der Waals surface area contributed by atoms with E-state index in [1.54, 1.807) is 7.11 Å². The van der Waals surface area contributed by atoms with Gasteiger partial charge in [-0.15, -0.1) is 24.0 Å². The van der Waals surface area contributed by atoms with Gasteiger partial charge in [0.25, 0.3) is 0 Å². The summed E-state index contributed by atoms with van der Waals surface area (Å²) in [5, 5.41) is 3.13. The van der Waals surface area contributed by atoms with Crippen LogP contribution in [0.15, 0.2) is 53.5 Å². The quantitative estimate of drug-likeness (QED) is 0.305. The Balaban J connectivity index is 0.00000225. The van der Waals surface area contributed by atoms with Crippen molar-refractivity contribution in [3.63, 3.8) is 0 Å². The number of halogens is 1. The van der Waals surface area contributed by atoms with E-state index in [0.29, 0.717) is 25.5 Å². The molecule has 0 aliphatic carbocycles. The number of H-pyrrole nitrogens is 1. The maximum absolute atomic E-state index is 5.98. The molecule has 0 fully saturated rings. The number of aromatic amines is 1. The third kappa shape index (κ3) is 5.17. The molecule has 3 aromatic rings. The van der Waals surface area contributed by atoms with Gasteiger partial charge in [0.1, 0.15) is 5.82 Å². The number of nitrogens with zero attached hydrogens (tertiary/aromatic N) is 2. The van der Waals surface area contributed by atoms with E-state index in [4.69, 9.17) is 10.5 Å². The lowest BCUT2D eigenvalue weighted by atomic mass is 10.2. The molecule has 1 aromatic heterocycles. The second-order valence-electron chi connectivity index (χ2n) is 5.43. The minimum absolute atomic E-state index is 0. The molecule has 3 rings (SSSR count). The van der Waals surface area contributed by atoms with Gasteiger partial charge in [-0.2, -0.15) is 0 Å². The molecule has 6 nitrogen and oxygen atoms in total. The molecule has 2 aromatic carbocycles. The normalized spacial score (nSPS) is 11.3. The summed E-state index contributed by atoms with van der Waals surface area (Å²) in [4.78, 5) is 12.2. The van der Waals surface area contributed by atoms with Gasteiger partial charge in [-0.3, -0.25) is 4.99 Å². The molecular formula is C18H22IN5O. The number of rotatable bonds is 6. The number of benzene rings is 2. The molecule has 132 valence electrons. The summed E-state index contributed by atoms with van der Waals surface area (Å²) in [5.41, 5.74) is 9.93. The second-order valence-corrected chi connectivity index (χ2v) is 5.43. The summed E-state index contributed by atoms with van der Waals surface area (Å²) in [7, 11) is 1.67. The maximum Gasteiger partial charge on any atom is 0.193 e. The first-order valence-electron chi connectivity index (χ1n) is 7.83. The SMILES string of the molecule is COCc1ccccc1NC(N)=NCCc1nc2ccccc2[nH]1.I. The van der Waals surface area contributed by atoms with Crippen LogP contribution in [0.25, 0.3) is 11.0 Å². The molecule has 0 radical (unpaired) electrons. The molecule has 0 saturated carbocycles. The van der Waals surface area contributed by atoms with Crippen molar-refractivity contribution in [1.29, 1.82) is 0 Å². The van der Waals surface area contributed by atoms with Crippen LogP contribution in [-0.4, -0.2) is 29.6 Å². The molecule has 25 heavy (non-hydrogen) atoms. The smallest absolute Gasteiger partial charge is 0.193 e. The summed E-state index contributed by atoms with van der Waals surface area (Å²) in [6, 6.07) is 15.8. The summed E-state index contributed by atoms with van der Waals surface area (Å²) in [6.07, 6.45) is 0.705. The Morgan fingerprint density at radius 1 is 1.20 bits per heavy atom. The number of aromatic nitrogens is 2. The van der Waals surface area contributed by atoms with Crippen LogP contribution in [-0.2, 0) is 17.8 Å². The lowest BCUT2D eigenvalue weighted by molar-refractivity contribution is 0.185. The Hall–Kier alpha value is -2.13. The van der Waals surface area contributed by atoms with E-state index in [-0.39, 0.29) is 24.0 Å². The van der Waals surface area contributed by atoms with Gasteiger partial charge < -0.3 is 20.8 Å². The van der Waals surface area contributed by atoms with E-state index in [1.165, 1.54) is 0 Å². The minimum atomic E-state index is 0. The fraction of sp³-hybridized carbons (Fsp3) is 0.222. The van der Waals surface area contributed by atoms with Crippen LogP contribution < -0.4 is 11.1 Å². The number of ether oxygens (including phenoxy) is 1. The highest BCUT2D eigenvalue weighted by Gasteiger charge is 2.03. The number of methoxy groups -OCH3 is 1. The van der Waals surface area contributed by atoms with Crippen LogP contribution in [0.3, 0.4) is 0 Å².